The van der Waals surface area contributed by atoms with E-state index in [2.05, 4.69) is 11.8 Å². The van der Waals surface area contributed by atoms with Gasteiger partial charge in [0.2, 0.25) is 0 Å². The minimum absolute atomic E-state index is 0.0653. The van der Waals surface area contributed by atoms with Crippen molar-refractivity contribution in [3.8, 4) is 23.3 Å². The van der Waals surface area contributed by atoms with Crippen LogP contribution in [0, 0.1) is 11.8 Å². The van der Waals surface area contributed by atoms with Gasteiger partial charge in [0.15, 0.2) is 0 Å². The number of hydrogen-bond donors (Lipinski definition) is 2. The molecule has 0 spiro atoms. The number of aromatic hydroxyl groups is 2. The SMILES string of the molecule is Oc1ccc(O)c(C#Cc2cccc3ccccc23)c1. The molecule has 0 radical (unpaired) electrons. The van der Waals surface area contributed by atoms with Crippen LogP contribution in [0.1, 0.15) is 11.1 Å². The maximum Gasteiger partial charge on any atom is 0.131 e. The predicted molar refractivity (Wildman–Crippen MR) is 79.7 cm³/mol. The van der Waals surface area contributed by atoms with Crippen molar-refractivity contribution in [2.45, 2.75) is 0 Å². The maximum absolute atomic E-state index is 9.71. The smallest absolute Gasteiger partial charge is 0.131 e. The van der Waals surface area contributed by atoms with E-state index in [1.807, 2.05) is 42.5 Å². The zero-order valence-electron chi connectivity index (χ0n) is 10.7. The molecule has 0 aliphatic heterocycles. The third kappa shape index (κ3) is 2.30. The van der Waals surface area contributed by atoms with Crippen molar-refractivity contribution >= 4 is 10.8 Å². The average molecular weight is 260 g/mol. The lowest BCUT2D eigenvalue weighted by Crippen LogP contribution is -1.80. The first-order valence-electron chi connectivity index (χ1n) is 6.26. The topological polar surface area (TPSA) is 40.5 Å². The van der Waals surface area contributed by atoms with E-state index >= 15 is 0 Å². The Balaban J connectivity index is 2.11. The summed E-state index contributed by atoms with van der Waals surface area (Å²) in [5.41, 5.74) is 1.31. The lowest BCUT2D eigenvalue weighted by Gasteiger charge is -2.00. The van der Waals surface area contributed by atoms with Crippen molar-refractivity contribution in [3.05, 3.63) is 71.8 Å². The molecule has 0 aliphatic carbocycles. The molecule has 2 nitrogen and oxygen atoms in total. The molecular formula is C18H12O2. The van der Waals surface area contributed by atoms with Crippen LogP contribution in [0.5, 0.6) is 11.5 Å². The highest BCUT2D eigenvalue weighted by Crippen LogP contribution is 2.22. The van der Waals surface area contributed by atoms with Crippen LogP contribution in [-0.2, 0) is 0 Å². The highest BCUT2D eigenvalue weighted by atomic mass is 16.3. The normalized spacial score (nSPS) is 10.0. The number of phenolic OH excluding ortho intramolecular Hbond substituents is 2. The van der Waals surface area contributed by atoms with Crippen LogP contribution in [0.4, 0.5) is 0 Å². The van der Waals surface area contributed by atoms with Gasteiger partial charge in [-0.3, -0.25) is 0 Å². The molecule has 0 unspecified atom stereocenters. The van der Waals surface area contributed by atoms with Crippen molar-refractivity contribution in [1.82, 2.24) is 0 Å². The number of phenols is 2. The molecule has 2 N–H and O–H groups in total. The molecule has 0 heterocycles. The molecule has 0 fully saturated rings. The summed E-state index contributed by atoms with van der Waals surface area (Å²) in [5.74, 6) is 6.11. The first kappa shape index (κ1) is 12.1. The summed E-state index contributed by atoms with van der Waals surface area (Å²) in [6, 6.07) is 18.2. The number of hydrogen-bond acceptors (Lipinski definition) is 2. The summed E-state index contributed by atoms with van der Waals surface area (Å²) in [6.07, 6.45) is 0. The molecule has 3 rings (SSSR count). The van der Waals surface area contributed by atoms with Crippen molar-refractivity contribution in [2.75, 3.05) is 0 Å². The zero-order valence-corrected chi connectivity index (χ0v) is 10.7. The molecule has 0 amide bonds. The molecule has 0 aliphatic rings. The van der Waals surface area contributed by atoms with E-state index in [4.69, 9.17) is 0 Å². The molecule has 0 bridgehead atoms. The Morgan fingerprint density at radius 1 is 0.700 bits per heavy atom. The third-order valence-electron chi connectivity index (χ3n) is 3.10. The molecular weight excluding hydrogens is 248 g/mol. The van der Waals surface area contributed by atoms with Crippen LogP contribution in [-0.4, -0.2) is 10.2 Å². The van der Waals surface area contributed by atoms with E-state index < -0.39 is 0 Å². The molecule has 3 aromatic rings. The Hall–Kier alpha value is -2.92. The Bertz CT molecular complexity index is 833. The van der Waals surface area contributed by atoms with Crippen LogP contribution in [0.25, 0.3) is 10.8 Å². The Morgan fingerprint density at radius 3 is 2.35 bits per heavy atom. The summed E-state index contributed by atoms with van der Waals surface area (Å²) < 4.78 is 0. The largest absolute Gasteiger partial charge is 0.508 e. The highest BCUT2D eigenvalue weighted by molar-refractivity contribution is 5.88. The van der Waals surface area contributed by atoms with E-state index in [1.54, 1.807) is 0 Å². The Morgan fingerprint density at radius 2 is 1.45 bits per heavy atom. The van der Waals surface area contributed by atoms with E-state index in [9.17, 15) is 10.2 Å². The van der Waals surface area contributed by atoms with E-state index in [0.717, 1.165) is 16.3 Å². The van der Waals surface area contributed by atoms with Crippen LogP contribution in [0.2, 0.25) is 0 Å². The van der Waals surface area contributed by atoms with Crippen molar-refractivity contribution in [2.24, 2.45) is 0 Å². The second-order valence-electron chi connectivity index (χ2n) is 4.48. The minimum atomic E-state index is 0.0653. The molecule has 0 aromatic heterocycles. The predicted octanol–water partition coefficient (Wildman–Crippen LogP) is 3.65. The lowest BCUT2D eigenvalue weighted by molar-refractivity contribution is 0.459. The lowest BCUT2D eigenvalue weighted by atomic mass is 10.0. The third-order valence-corrected chi connectivity index (χ3v) is 3.10. The van der Waals surface area contributed by atoms with Crippen molar-refractivity contribution in [3.63, 3.8) is 0 Å². The number of benzene rings is 3. The molecule has 0 saturated carbocycles. The zero-order chi connectivity index (χ0) is 13.9. The highest BCUT2D eigenvalue weighted by Gasteiger charge is 2.00. The van der Waals surface area contributed by atoms with Gasteiger partial charge in [0.1, 0.15) is 11.5 Å². The number of fused-ring (bicyclic) bond motifs is 1. The quantitative estimate of drug-likeness (QED) is 0.478. The van der Waals surface area contributed by atoms with Gasteiger partial charge in [-0.05, 0) is 35.0 Å². The van der Waals surface area contributed by atoms with Crippen LogP contribution in [0.3, 0.4) is 0 Å². The molecule has 0 atom stereocenters. The molecule has 0 saturated heterocycles. The Labute approximate surface area is 116 Å². The van der Waals surface area contributed by atoms with Crippen LogP contribution in [0.15, 0.2) is 60.7 Å². The van der Waals surface area contributed by atoms with Gasteiger partial charge < -0.3 is 10.2 Å². The maximum atomic E-state index is 9.71. The fourth-order valence-electron chi connectivity index (χ4n) is 2.09. The Kier molecular flexibility index (Phi) is 3.02. The first-order chi connectivity index (χ1) is 9.74. The summed E-state index contributed by atoms with van der Waals surface area (Å²) in [7, 11) is 0. The standard InChI is InChI=1S/C18H12O2/c19-16-10-11-18(20)15(12-16)9-8-14-6-3-5-13-4-1-2-7-17(13)14/h1-7,10-12,19-20H. The van der Waals surface area contributed by atoms with Gasteiger partial charge in [-0.1, -0.05) is 48.2 Å². The van der Waals surface area contributed by atoms with Gasteiger partial charge in [0, 0.05) is 5.56 Å². The van der Waals surface area contributed by atoms with E-state index in [1.165, 1.54) is 18.2 Å². The second kappa shape index (κ2) is 4.99. The number of rotatable bonds is 0. The molecule has 20 heavy (non-hydrogen) atoms. The summed E-state index contributed by atoms with van der Waals surface area (Å²) in [4.78, 5) is 0. The minimum Gasteiger partial charge on any atom is -0.508 e. The monoisotopic (exact) mass is 260 g/mol. The van der Waals surface area contributed by atoms with Gasteiger partial charge in [-0.15, -0.1) is 0 Å². The molecule has 3 aromatic carbocycles. The fraction of sp³-hybridized carbons (Fsp3) is 0. The molecule has 96 valence electrons. The van der Waals surface area contributed by atoms with Gasteiger partial charge in [0.05, 0.1) is 5.56 Å². The van der Waals surface area contributed by atoms with Crippen molar-refractivity contribution < 1.29 is 10.2 Å². The van der Waals surface area contributed by atoms with Gasteiger partial charge >= 0.3 is 0 Å². The summed E-state index contributed by atoms with van der Waals surface area (Å²) in [5, 5.41) is 21.3. The van der Waals surface area contributed by atoms with E-state index in [-0.39, 0.29) is 11.5 Å². The van der Waals surface area contributed by atoms with E-state index in [0.29, 0.717) is 5.56 Å². The van der Waals surface area contributed by atoms with Crippen LogP contribution >= 0.6 is 0 Å². The van der Waals surface area contributed by atoms with Gasteiger partial charge in [0.25, 0.3) is 0 Å². The van der Waals surface area contributed by atoms with Gasteiger partial charge in [-0.25, -0.2) is 0 Å². The first-order valence-corrected chi connectivity index (χ1v) is 6.26. The second-order valence-corrected chi connectivity index (χ2v) is 4.48. The van der Waals surface area contributed by atoms with Crippen LogP contribution < -0.4 is 0 Å². The fourth-order valence-corrected chi connectivity index (χ4v) is 2.09. The molecule has 2 heteroatoms. The summed E-state index contributed by atoms with van der Waals surface area (Å²) in [6.45, 7) is 0. The van der Waals surface area contributed by atoms with Crippen molar-refractivity contribution in [1.29, 1.82) is 0 Å². The summed E-state index contributed by atoms with van der Waals surface area (Å²) >= 11 is 0. The van der Waals surface area contributed by atoms with Gasteiger partial charge in [-0.2, -0.15) is 0 Å². The average Bonchev–Trinajstić information content (AvgIpc) is 2.48.